The number of halogens is 1. The summed E-state index contributed by atoms with van der Waals surface area (Å²) in [6, 6.07) is 8.56. The molecule has 2 rings (SSSR count). The number of hydrogen-bond donors (Lipinski definition) is 2. The van der Waals surface area contributed by atoms with E-state index >= 15 is 0 Å². The second-order valence-corrected chi connectivity index (χ2v) is 4.84. The topological polar surface area (TPSA) is 84.6 Å². The van der Waals surface area contributed by atoms with Crippen LogP contribution >= 0.6 is 11.6 Å². The lowest BCUT2D eigenvalue weighted by atomic mass is 10.1. The standard InChI is InChI=1S/C14H15ClN2O4/c1-20-8-11(18)7-16-14(19)12-6-13(21-17-12)9-3-2-4-10(15)5-9/h2-6,11,18H,7-8H2,1H3,(H,16,19). The van der Waals surface area contributed by atoms with Crippen molar-refractivity contribution in [3.8, 4) is 11.3 Å². The number of methoxy groups -OCH3 is 1. The molecule has 2 N–H and O–H groups in total. The molecule has 1 unspecified atom stereocenters. The number of hydrogen-bond acceptors (Lipinski definition) is 5. The molecule has 0 saturated carbocycles. The molecule has 1 heterocycles. The Labute approximate surface area is 126 Å². The first-order chi connectivity index (χ1) is 10.1. The van der Waals surface area contributed by atoms with Gasteiger partial charge in [-0.05, 0) is 12.1 Å². The van der Waals surface area contributed by atoms with Crippen LogP contribution in [0.1, 0.15) is 10.5 Å². The van der Waals surface area contributed by atoms with E-state index in [2.05, 4.69) is 10.5 Å². The molecule has 0 spiro atoms. The molecule has 1 aromatic carbocycles. The zero-order valence-corrected chi connectivity index (χ0v) is 12.1. The highest BCUT2D eigenvalue weighted by molar-refractivity contribution is 6.30. The van der Waals surface area contributed by atoms with Crippen molar-refractivity contribution in [2.45, 2.75) is 6.10 Å². The smallest absolute Gasteiger partial charge is 0.273 e. The average molecular weight is 311 g/mol. The molecule has 1 atom stereocenters. The van der Waals surface area contributed by atoms with Crippen molar-refractivity contribution in [1.29, 1.82) is 0 Å². The number of rotatable bonds is 6. The number of aliphatic hydroxyl groups is 1. The Morgan fingerprint density at radius 1 is 1.52 bits per heavy atom. The van der Waals surface area contributed by atoms with Crippen LogP contribution in [0.4, 0.5) is 0 Å². The lowest BCUT2D eigenvalue weighted by Gasteiger charge is -2.09. The summed E-state index contributed by atoms with van der Waals surface area (Å²) in [7, 11) is 1.47. The molecule has 21 heavy (non-hydrogen) atoms. The molecule has 0 aliphatic rings. The summed E-state index contributed by atoms with van der Waals surface area (Å²) in [6.45, 7) is 0.221. The van der Waals surface area contributed by atoms with E-state index in [0.29, 0.717) is 10.8 Å². The van der Waals surface area contributed by atoms with Gasteiger partial charge in [-0.1, -0.05) is 28.9 Å². The molecule has 0 aliphatic carbocycles. The zero-order chi connectivity index (χ0) is 15.2. The van der Waals surface area contributed by atoms with Crippen LogP contribution in [0.2, 0.25) is 5.02 Å². The number of benzene rings is 1. The first kappa shape index (κ1) is 15.5. The number of amides is 1. The minimum atomic E-state index is -0.766. The largest absolute Gasteiger partial charge is 0.389 e. The molecular weight excluding hydrogens is 296 g/mol. The summed E-state index contributed by atoms with van der Waals surface area (Å²) in [5.74, 6) is 0.0160. The van der Waals surface area contributed by atoms with Gasteiger partial charge in [0.05, 0.1) is 12.7 Å². The molecule has 7 heteroatoms. The summed E-state index contributed by atoms with van der Waals surface area (Å²) >= 11 is 5.90. The number of nitrogens with zero attached hydrogens (tertiary/aromatic N) is 1. The van der Waals surface area contributed by atoms with Crippen molar-refractivity contribution >= 4 is 17.5 Å². The van der Waals surface area contributed by atoms with Gasteiger partial charge in [-0.15, -0.1) is 0 Å². The van der Waals surface area contributed by atoms with Crippen LogP contribution in [0, 0.1) is 0 Å². The van der Waals surface area contributed by atoms with E-state index < -0.39 is 12.0 Å². The van der Waals surface area contributed by atoms with Crippen LogP contribution in [0.5, 0.6) is 0 Å². The monoisotopic (exact) mass is 310 g/mol. The maximum atomic E-state index is 11.9. The molecule has 0 radical (unpaired) electrons. The Kier molecular flexibility index (Phi) is 5.32. The van der Waals surface area contributed by atoms with E-state index in [1.165, 1.54) is 13.2 Å². The molecule has 112 valence electrons. The van der Waals surface area contributed by atoms with Gasteiger partial charge in [0.1, 0.15) is 0 Å². The van der Waals surface area contributed by atoms with Gasteiger partial charge in [0.25, 0.3) is 5.91 Å². The normalized spacial score (nSPS) is 12.1. The van der Waals surface area contributed by atoms with E-state index in [-0.39, 0.29) is 18.8 Å². The lowest BCUT2D eigenvalue weighted by Crippen LogP contribution is -2.34. The highest BCUT2D eigenvalue weighted by Gasteiger charge is 2.15. The predicted molar refractivity (Wildman–Crippen MR) is 77.2 cm³/mol. The summed E-state index contributed by atoms with van der Waals surface area (Å²) in [4.78, 5) is 11.9. The summed E-state index contributed by atoms with van der Waals surface area (Å²) < 4.78 is 9.89. The summed E-state index contributed by atoms with van der Waals surface area (Å²) in [5, 5.41) is 16.3. The van der Waals surface area contributed by atoms with Gasteiger partial charge in [0, 0.05) is 30.3 Å². The van der Waals surface area contributed by atoms with Gasteiger partial charge >= 0.3 is 0 Å². The fraction of sp³-hybridized carbons (Fsp3) is 0.286. The van der Waals surface area contributed by atoms with Crippen LogP contribution in [0.15, 0.2) is 34.9 Å². The van der Waals surface area contributed by atoms with Crippen LogP contribution < -0.4 is 5.32 Å². The number of carbonyl (C=O) groups is 1. The van der Waals surface area contributed by atoms with Crippen molar-refractivity contribution in [3.05, 3.63) is 41.0 Å². The molecule has 1 amide bonds. The summed E-state index contributed by atoms with van der Waals surface area (Å²) in [6.07, 6.45) is -0.766. The van der Waals surface area contributed by atoms with E-state index in [1.807, 2.05) is 0 Å². The average Bonchev–Trinajstić information content (AvgIpc) is 2.95. The molecule has 0 bridgehead atoms. The number of ether oxygens (including phenoxy) is 1. The SMILES string of the molecule is COCC(O)CNC(=O)c1cc(-c2cccc(Cl)c2)on1. The van der Waals surface area contributed by atoms with Gasteiger partial charge < -0.3 is 19.7 Å². The number of aliphatic hydroxyl groups excluding tert-OH is 1. The second kappa shape index (κ2) is 7.21. The van der Waals surface area contributed by atoms with E-state index in [9.17, 15) is 9.90 Å². The van der Waals surface area contributed by atoms with E-state index in [1.54, 1.807) is 24.3 Å². The third-order valence-corrected chi connectivity index (χ3v) is 2.94. The van der Waals surface area contributed by atoms with Gasteiger partial charge in [-0.25, -0.2) is 0 Å². The Balaban J connectivity index is 2.01. The second-order valence-electron chi connectivity index (χ2n) is 4.41. The third kappa shape index (κ3) is 4.29. The van der Waals surface area contributed by atoms with Crippen molar-refractivity contribution in [2.24, 2.45) is 0 Å². The molecular formula is C14H15ClN2O4. The Hall–Kier alpha value is -1.89. The van der Waals surface area contributed by atoms with Crippen LogP contribution in [0.25, 0.3) is 11.3 Å². The first-order valence-corrected chi connectivity index (χ1v) is 6.66. The number of carbonyl (C=O) groups excluding carboxylic acids is 1. The highest BCUT2D eigenvalue weighted by atomic mass is 35.5. The molecule has 6 nitrogen and oxygen atoms in total. The summed E-state index contributed by atoms with van der Waals surface area (Å²) in [5.41, 5.74) is 0.864. The third-order valence-electron chi connectivity index (χ3n) is 2.71. The first-order valence-electron chi connectivity index (χ1n) is 6.28. The molecule has 2 aromatic rings. The minimum Gasteiger partial charge on any atom is -0.389 e. The number of aromatic nitrogens is 1. The van der Waals surface area contributed by atoms with Crippen molar-refractivity contribution in [1.82, 2.24) is 10.5 Å². The molecule has 0 fully saturated rings. The van der Waals surface area contributed by atoms with Crippen molar-refractivity contribution in [2.75, 3.05) is 20.3 Å². The quantitative estimate of drug-likeness (QED) is 0.849. The van der Waals surface area contributed by atoms with Gasteiger partial charge in [-0.3, -0.25) is 4.79 Å². The van der Waals surface area contributed by atoms with Crippen molar-refractivity contribution < 1.29 is 19.2 Å². The Morgan fingerprint density at radius 3 is 3.05 bits per heavy atom. The molecule has 0 saturated heterocycles. The van der Waals surface area contributed by atoms with Crippen molar-refractivity contribution in [3.63, 3.8) is 0 Å². The van der Waals surface area contributed by atoms with E-state index in [4.69, 9.17) is 20.9 Å². The lowest BCUT2D eigenvalue weighted by molar-refractivity contribution is 0.0607. The van der Waals surface area contributed by atoms with E-state index in [0.717, 1.165) is 5.56 Å². The maximum Gasteiger partial charge on any atom is 0.273 e. The molecule has 0 aliphatic heterocycles. The van der Waals surface area contributed by atoms with Gasteiger partial charge in [-0.2, -0.15) is 0 Å². The minimum absolute atomic E-state index is 0.0754. The highest BCUT2D eigenvalue weighted by Crippen LogP contribution is 2.23. The fourth-order valence-corrected chi connectivity index (χ4v) is 1.90. The van der Waals surface area contributed by atoms with Crippen LogP contribution in [-0.2, 0) is 4.74 Å². The predicted octanol–water partition coefficient (Wildman–Crippen LogP) is 1.73. The Bertz CT molecular complexity index is 615. The zero-order valence-electron chi connectivity index (χ0n) is 11.4. The fourth-order valence-electron chi connectivity index (χ4n) is 1.71. The Morgan fingerprint density at radius 2 is 2.33 bits per heavy atom. The van der Waals surface area contributed by atoms with Gasteiger partial charge in [0.2, 0.25) is 0 Å². The maximum absolute atomic E-state index is 11.9. The van der Waals surface area contributed by atoms with Gasteiger partial charge in [0.15, 0.2) is 11.5 Å². The van der Waals surface area contributed by atoms with Crippen LogP contribution in [0.3, 0.4) is 0 Å². The van der Waals surface area contributed by atoms with Crippen LogP contribution in [-0.4, -0.2) is 42.5 Å². The molecule has 1 aromatic heterocycles. The number of nitrogens with one attached hydrogen (secondary N) is 1.